The summed E-state index contributed by atoms with van der Waals surface area (Å²) in [6.07, 6.45) is 1.91. The Morgan fingerprint density at radius 2 is 2.19 bits per heavy atom. The Balaban J connectivity index is 1.88. The molecule has 7 nitrogen and oxygen atoms in total. The molecule has 150 valence electrons. The topological polar surface area (TPSA) is 75.2 Å². The maximum absolute atomic E-state index is 13.7. The predicted molar refractivity (Wildman–Crippen MR) is 102 cm³/mol. The van der Waals surface area contributed by atoms with Crippen LogP contribution in [-0.2, 0) is 9.53 Å². The molecule has 0 radical (unpaired) electrons. The molecule has 1 aromatic carbocycles. The van der Waals surface area contributed by atoms with E-state index in [0.717, 1.165) is 19.4 Å². The second-order valence-corrected chi connectivity index (χ2v) is 6.71. The van der Waals surface area contributed by atoms with Crippen molar-refractivity contribution in [1.29, 1.82) is 0 Å². The first-order chi connectivity index (χ1) is 13.0. The molecule has 0 spiro atoms. The highest BCUT2D eigenvalue weighted by molar-refractivity contribution is 5.84. The number of para-hydroxylation sites is 1. The Labute approximate surface area is 159 Å². The summed E-state index contributed by atoms with van der Waals surface area (Å²) in [4.78, 5) is 17.6. The predicted octanol–water partition coefficient (Wildman–Crippen LogP) is 1.40. The van der Waals surface area contributed by atoms with Crippen molar-refractivity contribution in [3.8, 4) is 5.75 Å². The smallest absolute Gasteiger partial charge is 0.243 e. The fourth-order valence-electron chi connectivity index (χ4n) is 2.52. The molecule has 1 aliphatic heterocycles. The van der Waals surface area contributed by atoms with Crippen LogP contribution in [0, 0.1) is 5.82 Å². The first-order valence-electron chi connectivity index (χ1n) is 9.21. The van der Waals surface area contributed by atoms with Crippen molar-refractivity contribution < 1.29 is 18.7 Å². The van der Waals surface area contributed by atoms with Gasteiger partial charge in [-0.2, -0.15) is 0 Å². The summed E-state index contributed by atoms with van der Waals surface area (Å²) in [7, 11) is 3.38. The van der Waals surface area contributed by atoms with Crippen LogP contribution in [0.15, 0.2) is 29.3 Å². The summed E-state index contributed by atoms with van der Waals surface area (Å²) in [5.74, 6) is 0.222. The zero-order valence-electron chi connectivity index (χ0n) is 16.2. The van der Waals surface area contributed by atoms with Crippen molar-refractivity contribution in [2.75, 3.05) is 40.3 Å². The van der Waals surface area contributed by atoms with Gasteiger partial charge in [0.25, 0.3) is 0 Å². The average molecular weight is 380 g/mol. The molecule has 27 heavy (non-hydrogen) atoms. The van der Waals surface area contributed by atoms with E-state index in [4.69, 9.17) is 9.47 Å². The number of nitrogens with zero attached hydrogens (tertiary/aromatic N) is 2. The van der Waals surface area contributed by atoms with Gasteiger partial charge in [-0.05, 0) is 31.9 Å². The van der Waals surface area contributed by atoms with Gasteiger partial charge in [0.15, 0.2) is 17.5 Å². The van der Waals surface area contributed by atoms with Crippen molar-refractivity contribution in [2.24, 2.45) is 4.99 Å². The lowest BCUT2D eigenvalue weighted by atomic mass is 10.2. The zero-order valence-corrected chi connectivity index (χ0v) is 16.2. The van der Waals surface area contributed by atoms with E-state index in [1.54, 1.807) is 32.3 Å². The van der Waals surface area contributed by atoms with Crippen LogP contribution in [0.3, 0.4) is 0 Å². The van der Waals surface area contributed by atoms with Crippen LogP contribution in [0.5, 0.6) is 5.75 Å². The van der Waals surface area contributed by atoms with Gasteiger partial charge in [0.05, 0.1) is 12.6 Å². The van der Waals surface area contributed by atoms with Gasteiger partial charge in [-0.1, -0.05) is 12.1 Å². The number of hydrogen-bond acceptors (Lipinski definition) is 4. The van der Waals surface area contributed by atoms with Crippen LogP contribution in [0.25, 0.3) is 0 Å². The van der Waals surface area contributed by atoms with Gasteiger partial charge in [-0.25, -0.2) is 9.38 Å². The largest absolute Gasteiger partial charge is 0.486 e. The molecular formula is C19H29FN4O3. The summed E-state index contributed by atoms with van der Waals surface area (Å²) in [5, 5.41) is 6.34. The van der Waals surface area contributed by atoms with Crippen LogP contribution in [0.4, 0.5) is 4.39 Å². The SMILES string of the molecule is CC(CNC(=NCC(=O)N(C)C)NCC1CCCO1)Oc1ccccc1F. The molecule has 1 saturated heterocycles. The van der Waals surface area contributed by atoms with Gasteiger partial charge in [0, 0.05) is 27.2 Å². The number of ether oxygens (including phenoxy) is 2. The van der Waals surface area contributed by atoms with E-state index in [1.165, 1.54) is 11.0 Å². The highest BCUT2D eigenvalue weighted by Crippen LogP contribution is 2.16. The Hall–Kier alpha value is -2.35. The van der Waals surface area contributed by atoms with Crippen molar-refractivity contribution >= 4 is 11.9 Å². The van der Waals surface area contributed by atoms with E-state index < -0.39 is 5.82 Å². The van der Waals surface area contributed by atoms with E-state index in [2.05, 4.69) is 15.6 Å². The molecule has 2 rings (SSSR count). The molecule has 1 aromatic rings. The van der Waals surface area contributed by atoms with Crippen molar-refractivity contribution in [2.45, 2.75) is 32.0 Å². The number of carbonyl (C=O) groups excluding carboxylic acids is 1. The van der Waals surface area contributed by atoms with Crippen LogP contribution < -0.4 is 15.4 Å². The molecule has 1 aliphatic rings. The van der Waals surface area contributed by atoms with Gasteiger partial charge in [-0.15, -0.1) is 0 Å². The van der Waals surface area contributed by atoms with Crippen molar-refractivity contribution in [1.82, 2.24) is 15.5 Å². The second-order valence-electron chi connectivity index (χ2n) is 6.71. The summed E-state index contributed by atoms with van der Waals surface area (Å²) in [6, 6.07) is 6.29. The summed E-state index contributed by atoms with van der Waals surface area (Å²) in [6.45, 7) is 3.67. The Kier molecular flexibility index (Phi) is 8.32. The fraction of sp³-hybridized carbons (Fsp3) is 0.579. The number of benzene rings is 1. The number of rotatable bonds is 8. The number of halogens is 1. The monoisotopic (exact) mass is 380 g/mol. The van der Waals surface area contributed by atoms with E-state index in [9.17, 15) is 9.18 Å². The maximum atomic E-state index is 13.7. The summed E-state index contributed by atoms with van der Waals surface area (Å²) in [5.41, 5.74) is 0. The fourth-order valence-corrected chi connectivity index (χ4v) is 2.52. The molecule has 1 fully saturated rings. The van der Waals surface area contributed by atoms with Crippen molar-refractivity contribution in [3.05, 3.63) is 30.1 Å². The van der Waals surface area contributed by atoms with Gasteiger partial charge in [0.2, 0.25) is 5.91 Å². The summed E-state index contributed by atoms with van der Waals surface area (Å²) >= 11 is 0. The van der Waals surface area contributed by atoms with Gasteiger partial charge in [-0.3, -0.25) is 4.79 Å². The minimum Gasteiger partial charge on any atom is -0.486 e. The van der Waals surface area contributed by atoms with E-state index in [0.29, 0.717) is 19.0 Å². The molecule has 2 N–H and O–H groups in total. The van der Waals surface area contributed by atoms with Gasteiger partial charge < -0.3 is 25.0 Å². The number of carbonyl (C=O) groups is 1. The summed E-state index contributed by atoms with van der Waals surface area (Å²) < 4.78 is 24.9. The Morgan fingerprint density at radius 3 is 2.85 bits per heavy atom. The maximum Gasteiger partial charge on any atom is 0.243 e. The minimum absolute atomic E-state index is 0.0381. The molecule has 2 unspecified atom stereocenters. The Morgan fingerprint density at radius 1 is 1.41 bits per heavy atom. The number of amides is 1. The third-order valence-corrected chi connectivity index (χ3v) is 4.11. The van der Waals surface area contributed by atoms with Crippen LogP contribution in [0.1, 0.15) is 19.8 Å². The van der Waals surface area contributed by atoms with E-state index >= 15 is 0 Å². The molecule has 0 aromatic heterocycles. The molecule has 1 amide bonds. The highest BCUT2D eigenvalue weighted by Gasteiger charge is 2.16. The third kappa shape index (κ3) is 7.42. The van der Waals surface area contributed by atoms with E-state index in [1.807, 2.05) is 6.92 Å². The molecule has 1 heterocycles. The third-order valence-electron chi connectivity index (χ3n) is 4.11. The Bertz CT molecular complexity index is 633. The number of hydrogen-bond donors (Lipinski definition) is 2. The molecular weight excluding hydrogens is 351 g/mol. The van der Waals surface area contributed by atoms with Gasteiger partial charge >= 0.3 is 0 Å². The minimum atomic E-state index is -0.397. The van der Waals surface area contributed by atoms with Gasteiger partial charge in [0.1, 0.15) is 12.6 Å². The van der Waals surface area contributed by atoms with Crippen LogP contribution in [-0.4, -0.2) is 69.3 Å². The average Bonchev–Trinajstić information content (AvgIpc) is 3.16. The first-order valence-corrected chi connectivity index (χ1v) is 9.21. The van der Waals surface area contributed by atoms with E-state index in [-0.39, 0.29) is 30.4 Å². The number of nitrogens with one attached hydrogen (secondary N) is 2. The molecule has 0 saturated carbocycles. The molecule has 2 atom stereocenters. The van der Waals surface area contributed by atoms with Crippen molar-refractivity contribution in [3.63, 3.8) is 0 Å². The molecule has 8 heteroatoms. The highest BCUT2D eigenvalue weighted by atomic mass is 19.1. The molecule has 0 aliphatic carbocycles. The second kappa shape index (κ2) is 10.7. The van der Waals surface area contributed by atoms with Crippen LogP contribution >= 0.6 is 0 Å². The standard InChI is InChI=1S/C19H29FN4O3/c1-14(27-17-9-5-4-8-16(17)20)11-21-19(23-13-18(25)24(2)3)22-12-15-7-6-10-26-15/h4-5,8-9,14-15H,6-7,10-13H2,1-3H3,(H2,21,22,23). The lowest BCUT2D eigenvalue weighted by molar-refractivity contribution is -0.127. The number of guanidine groups is 1. The lowest BCUT2D eigenvalue weighted by Gasteiger charge is -2.19. The molecule has 0 bridgehead atoms. The van der Waals surface area contributed by atoms with Crippen LogP contribution in [0.2, 0.25) is 0 Å². The quantitative estimate of drug-likeness (QED) is 0.527. The number of aliphatic imine (C=N–C) groups is 1. The first kappa shape index (κ1) is 21.0. The zero-order chi connectivity index (χ0) is 19.6. The number of likely N-dealkylation sites (N-methyl/N-ethyl adjacent to an activating group) is 1. The normalized spacial score (nSPS) is 18.1. The lowest BCUT2D eigenvalue weighted by Crippen LogP contribution is -2.45.